The molecule has 0 spiro atoms. The summed E-state index contributed by atoms with van der Waals surface area (Å²) in [6.45, 7) is 1.66. The van der Waals surface area contributed by atoms with Gasteiger partial charge in [-0.2, -0.15) is 0 Å². The first-order chi connectivity index (χ1) is 12.4. The van der Waals surface area contributed by atoms with Gasteiger partial charge in [-0.15, -0.1) is 12.4 Å². The Morgan fingerprint density at radius 3 is 2.44 bits per heavy atom. The number of imide groups is 1. The van der Waals surface area contributed by atoms with Crippen LogP contribution in [0.5, 0.6) is 0 Å². The van der Waals surface area contributed by atoms with Crippen LogP contribution in [0.15, 0.2) is 36.4 Å². The van der Waals surface area contributed by atoms with Crippen molar-refractivity contribution >= 4 is 53.2 Å². The lowest BCUT2D eigenvalue weighted by molar-refractivity contribution is -0.115. The van der Waals surface area contributed by atoms with Gasteiger partial charge in [0.15, 0.2) is 0 Å². The number of carbonyl (C=O) groups excluding carboxylic acids is 2. The molecule has 1 saturated heterocycles. The Hall–Kier alpha value is -1.79. The van der Waals surface area contributed by atoms with E-state index in [1.54, 1.807) is 18.2 Å². The van der Waals surface area contributed by atoms with Gasteiger partial charge in [0.05, 0.1) is 12.2 Å². The van der Waals surface area contributed by atoms with E-state index in [0.29, 0.717) is 15.7 Å². The molecule has 0 unspecified atom stereocenters. The molecule has 0 bridgehead atoms. The largest absolute Gasteiger partial charge is 0.329 e. The van der Waals surface area contributed by atoms with E-state index in [1.165, 1.54) is 4.90 Å². The van der Waals surface area contributed by atoms with Crippen LogP contribution in [0, 0.1) is 0 Å². The first kappa shape index (κ1) is 20.0. The van der Waals surface area contributed by atoms with Crippen molar-refractivity contribution in [3.63, 3.8) is 0 Å². The van der Waals surface area contributed by atoms with Gasteiger partial charge in [0.2, 0.25) is 0 Å². The fourth-order valence-corrected chi connectivity index (χ4v) is 4.24. The van der Waals surface area contributed by atoms with E-state index in [1.807, 2.05) is 18.2 Å². The summed E-state index contributed by atoms with van der Waals surface area (Å²) in [7, 11) is 2.06. The summed E-state index contributed by atoms with van der Waals surface area (Å²) >= 11 is 12.6. The first-order valence-electron chi connectivity index (χ1n) is 8.31. The molecule has 27 heavy (non-hydrogen) atoms. The number of rotatable bonds is 2. The number of hydrogen-bond donors (Lipinski definition) is 1. The molecule has 3 amide bonds. The second-order valence-electron chi connectivity index (χ2n) is 6.68. The Kier molecular flexibility index (Phi) is 5.68. The van der Waals surface area contributed by atoms with E-state index in [4.69, 9.17) is 23.2 Å². The summed E-state index contributed by atoms with van der Waals surface area (Å²) in [5.41, 5.74) is 3.88. The molecule has 2 aliphatic heterocycles. The lowest BCUT2D eigenvalue weighted by Gasteiger charge is -2.33. The van der Waals surface area contributed by atoms with Crippen LogP contribution in [0.2, 0.25) is 10.0 Å². The monoisotopic (exact) mass is 425 g/mol. The highest BCUT2D eigenvalue weighted by Gasteiger charge is 2.31. The summed E-state index contributed by atoms with van der Waals surface area (Å²) in [4.78, 5) is 27.1. The molecule has 5 nitrogen and oxygen atoms in total. The minimum atomic E-state index is -0.385. The van der Waals surface area contributed by atoms with Crippen molar-refractivity contribution in [3.05, 3.63) is 63.1 Å². The van der Waals surface area contributed by atoms with Gasteiger partial charge in [-0.3, -0.25) is 4.79 Å². The minimum Gasteiger partial charge on any atom is -0.328 e. The van der Waals surface area contributed by atoms with Gasteiger partial charge < -0.3 is 10.2 Å². The van der Waals surface area contributed by atoms with Crippen LogP contribution in [-0.2, 0) is 11.3 Å². The van der Waals surface area contributed by atoms with Crippen LogP contribution in [0.25, 0.3) is 0 Å². The zero-order chi connectivity index (χ0) is 18.4. The lowest BCUT2D eigenvalue weighted by Crippen LogP contribution is -2.32. The van der Waals surface area contributed by atoms with Crippen LogP contribution in [-0.4, -0.2) is 37.0 Å². The second-order valence-corrected chi connectivity index (χ2v) is 7.53. The molecule has 8 heteroatoms. The highest BCUT2D eigenvalue weighted by Crippen LogP contribution is 2.38. The molecular weight excluding hydrogens is 409 g/mol. The van der Waals surface area contributed by atoms with E-state index in [2.05, 4.69) is 17.3 Å². The van der Waals surface area contributed by atoms with Gasteiger partial charge in [0, 0.05) is 29.1 Å². The molecule has 1 fully saturated rings. The van der Waals surface area contributed by atoms with Gasteiger partial charge in [-0.1, -0.05) is 35.3 Å². The number of carbonyl (C=O) groups is 2. The molecule has 0 radical (unpaired) electrons. The Morgan fingerprint density at radius 1 is 1.11 bits per heavy atom. The van der Waals surface area contributed by atoms with Crippen LogP contribution >= 0.6 is 35.6 Å². The third kappa shape index (κ3) is 3.65. The normalized spacial score (nSPS) is 19.5. The van der Waals surface area contributed by atoms with Crippen molar-refractivity contribution in [1.82, 2.24) is 10.2 Å². The third-order valence-corrected chi connectivity index (χ3v) is 5.44. The number of nitrogens with zero attached hydrogens (tertiary/aromatic N) is 2. The molecule has 0 saturated carbocycles. The van der Waals surface area contributed by atoms with E-state index in [0.717, 1.165) is 29.8 Å². The van der Waals surface area contributed by atoms with Crippen molar-refractivity contribution in [3.8, 4) is 0 Å². The standard InChI is InChI=1S/C19H17Cl2N3O2.ClH/c1-23-9-15(14-6-12(20)7-17(21)16(14)10-23)11-2-4-13(5-3-11)24-18(25)8-22-19(24)26;/h2-7,15H,8-10H2,1H3,(H,22,26);1H/t15-;/m0./s1. The zero-order valence-corrected chi connectivity index (χ0v) is 16.9. The molecule has 142 valence electrons. The highest BCUT2D eigenvalue weighted by molar-refractivity contribution is 6.35. The number of likely N-dealkylation sites (N-methyl/N-ethyl adjacent to an activating group) is 1. The average Bonchev–Trinajstić information content (AvgIpc) is 2.94. The Morgan fingerprint density at radius 2 is 1.81 bits per heavy atom. The fraction of sp³-hybridized carbons (Fsp3) is 0.263. The van der Waals surface area contributed by atoms with Crippen molar-refractivity contribution < 1.29 is 9.59 Å². The van der Waals surface area contributed by atoms with E-state index < -0.39 is 0 Å². The number of amides is 3. The van der Waals surface area contributed by atoms with Crippen LogP contribution in [0.1, 0.15) is 22.6 Å². The maximum atomic E-state index is 11.9. The first-order valence-corrected chi connectivity index (χ1v) is 9.06. The number of anilines is 1. The Labute approximate surface area is 173 Å². The molecule has 2 aromatic rings. The van der Waals surface area contributed by atoms with E-state index in [9.17, 15) is 9.59 Å². The molecular formula is C19H18Cl3N3O2. The van der Waals surface area contributed by atoms with Crippen LogP contribution in [0.4, 0.5) is 10.5 Å². The molecule has 1 atom stereocenters. The third-order valence-electron chi connectivity index (χ3n) is 4.89. The molecule has 0 aliphatic carbocycles. The maximum absolute atomic E-state index is 11.9. The van der Waals surface area contributed by atoms with Crippen molar-refractivity contribution in [2.75, 3.05) is 25.0 Å². The van der Waals surface area contributed by atoms with E-state index in [-0.39, 0.29) is 36.8 Å². The smallest absolute Gasteiger partial charge is 0.328 e. The molecule has 1 N–H and O–H groups in total. The molecule has 4 rings (SSSR count). The summed E-state index contributed by atoms with van der Waals surface area (Å²) in [5, 5.41) is 3.83. The van der Waals surface area contributed by atoms with Gasteiger partial charge >= 0.3 is 6.03 Å². The molecule has 2 aromatic carbocycles. The van der Waals surface area contributed by atoms with Gasteiger partial charge in [-0.05, 0) is 48.0 Å². The minimum absolute atomic E-state index is 0. The highest BCUT2D eigenvalue weighted by atomic mass is 35.5. The molecule has 2 heterocycles. The van der Waals surface area contributed by atoms with Crippen LogP contribution < -0.4 is 10.2 Å². The van der Waals surface area contributed by atoms with Gasteiger partial charge in [-0.25, -0.2) is 9.69 Å². The van der Waals surface area contributed by atoms with Crippen molar-refractivity contribution in [2.45, 2.75) is 12.5 Å². The molecule has 2 aliphatic rings. The summed E-state index contributed by atoms with van der Waals surface area (Å²) < 4.78 is 0. The molecule has 0 aromatic heterocycles. The predicted octanol–water partition coefficient (Wildman–Crippen LogP) is 4.05. The van der Waals surface area contributed by atoms with Crippen molar-refractivity contribution in [1.29, 1.82) is 0 Å². The van der Waals surface area contributed by atoms with Crippen molar-refractivity contribution in [2.24, 2.45) is 0 Å². The number of nitrogens with one attached hydrogen (secondary N) is 1. The summed E-state index contributed by atoms with van der Waals surface area (Å²) in [5.74, 6) is -0.124. The Bertz CT molecular complexity index is 886. The second kappa shape index (κ2) is 7.68. The topological polar surface area (TPSA) is 52.6 Å². The number of fused-ring (bicyclic) bond motifs is 1. The predicted molar refractivity (Wildman–Crippen MR) is 109 cm³/mol. The fourth-order valence-electron chi connectivity index (χ4n) is 3.67. The quantitative estimate of drug-likeness (QED) is 0.737. The maximum Gasteiger partial charge on any atom is 0.329 e. The SMILES string of the molecule is CN1Cc2c(Cl)cc(Cl)cc2[C@H](c2ccc(N3C(=O)CNC3=O)cc2)C1.Cl. The number of benzene rings is 2. The summed E-state index contributed by atoms with van der Waals surface area (Å²) in [6.07, 6.45) is 0. The lowest BCUT2D eigenvalue weighted by atomic mass is 9.84. The number of halogens is 3. The number of hydrogen-bond acceptors (Lipinski definition) is 3. The van der Waals surface area contributed by atoms with Gasteiger partial charge in [0.25, 0.3) is 5.91 Å². The zero-order valence-electron chi connectivity index (χ0n) is 14.5. The van der Waals surface area contributed by atoms with Crippen LogP contribution in [0.3, 0.4) is 0 Å². The Balaban J connectivity index is 0.00000210. The van der Waals surface area contributed by atoms with Gasteiger partial charge in [0.1, 0.15) is 0 Å². The summed E-state index contributed by atoms with van der Waals surface area (Å²) in [6, 6.07) is 10.9. The number of urea groups is 1. The average molecular weight is 427 g/mol. The van der Waals surface area contributed by atoms with E-state index >= 15 is 0 Å².